The zero-order valence-corrected chi connectivity index (χ0v) is 8.86. The Morgan fingerprint density at radius 1 is 1.73 bits per heavy atom. The van der Waals surface area contributed by atoms with Crippen molar-refractivity contribution in [1.29, 1.82) is 0 Å². The first-order chi connectivity index (χ1) is 7.16. The molecule has 0 aromatic carbocycles. The first-order valence-corrected chi connectivity index (χ1v) is 5.17. The molecule has 0 radical (unpaired) electrons. The maximum Gasteiger partial charge on any atom is 0.233 e. The summed E-state index contributed by atoms with van der Waals surface area (Å²) in [5.74, 6) is 0.608. The molecule has 1 aliphatic rings. The summed E-state index contributed by atoms with van der Waals surface area (Å²) in [4.78, 5) is 11.9. The average molecular weight is 208 g/mol. The molecule has 5 nitrogen and oxygen atoms in total. The Kier molecular flexibility index (Phi) is 2.48. The number of amides is 1. The molecule has 1 fully saturated rings. The van der Waals surface area contributed by atoms with Crippen LogP contribution in [0.5, 0.6) is 0 Å². The van der Waals surface area contributed by atoms with E-state index in [4.69, 9.17) is 5.73 Å². The van der Waals surface area contributed by atoms with Crippen LogP contribution in [0.4, 0.5) is 5.82 Å². The lowest BCUT2D eigenvalue weighted by Crippen LogP contribution is -2.47. The van der Waals surface area contributed by atoms with Crippen molar-refractivity contribution in [2.75, 3.05) is 11.9 Å². The van der Waals surface area contributed by atoms with Crippen molar-refractivity contribution in [3.63, 3.8) is 0 Å². The molecule has 0 bridgehead atoms. The van der Waals surface area contributed by atoms with Crippen LogP contribution in [0, 0.1) is 5.41 Å². The summed E-state index contributed by atoms with van der Waals surface area (Å²) < 4.78 is 1.66. The van der Waals surface area contributed by atoms with E-state index in [9.17, 15) is 4.79 Å². The summed E-state index contributed by atoms with van der Waals surface area (Å²) in [7, 11) is 1.82. The molecule has 3 N–H and O–H groups in total. The van der Waals surface area contributed by atoms with Crippen molar-refractivity contribution in [2.24, 2.45) is 18.2 Å². The molecule has 0 aliphatic heterocycles. The second kappa shape index (κ2) is 3.66. The lowest BCUT2D eigenvalue weighted by molar-refractivity contribution is -0.129. The van der Waals surface area contributed by atoms with Gasteiger partial charge in [0.25, 0.3) is 0 Å². The molecule has 0 atom stereocenters. The molecule has 1 aromatic heterocycles. The predicted molar refractivity (Wildman–Crippen MR) is 57.2 cm³/mol. The van der Waals surface area contributed by atoms with Crippen molar-refractivity contribution < 1.29 is 4.79 Å². The number of rotatable bonds is 3. The van der Waals surface area contributed by atoms with Crippen LogP contribution < -0.4 is 11.1 Å². The minimum Gasteiger partial charge on any atom is -0.329 e. The fourth-order valence-electron chi connectivity index (χ4n) is 1.86. The molecule has 0 spiro atoms. The van der Waals surface area contributed by atoms with Gasteiger partial charge >= 0.3 is 0 Å². The highest BCUT2D eigenvalue weighted by Gasteiger charge is 2.42. The summed E-state index contributed by atoms with van der Waals surface area (Å²) in [6.07, 6.45) is 4.67. The summed E-state index contributed by atoms with van der Waals surface area (Å²) >= 11 is 0. The van der Waals surface area contributed by atoms with Crippen LogP contribution in [-0.2, 0) is 11.8 Å². The van der Waals surface area contributed by atoms with Crippen molar-refractivity contribution in [3.05, 3.63) is 12.3 Å². The van der Waals surface area contributed by atoms with Gasteiger partial charge in [0.05, 0.1) is 5.41 Å². The molecule has 1 aliphatic carbocycles. The van der Waals surface area contributed by atoms with Gasteiger partial charge in [-0.3, -0.25) is 9.48 Å². The van der Waals surface area contributed by atoms with Crippen LogP contribution in [0.25, 0.3) is 0 Å². The molecule has 1 heterocycles. The largest absolute Gasteiger partial charge is 0.329 e. The van der Waals surface area contributed by atoms with Crippen LogP contribution in [0.15, 0.2) is 12.3 Å². The lowest BCUT2D eigenvalue weighted by atomic mass is 9.68. The third-order valence-electron chi connectivity index (χ3n) is 3.14. The maximum absolute atomic E-state index is 11.9. The predicted octanol–water partition coefficient (Wildman–Crippen LogP) is 0.488. The highest BCUT2D eigenvalue weighted by molar-refractivity contribution is 5.95. The smallest absolute Gasteiger partial charge is 0.233 e. The van der Waals surface area contributed by atoms with E-state index in [1.807, 2.05) is 7.05 Å². The Morgan fingerprint density at radius 2 is 2.47 bits per heavy atom. The van der Waals surface area contributed by atoms with Crippen molar-refractivity contribution >= 4 is 11.7 Å². The van der Waals surface area contributed by atoms with E-state index in [2.05, 4.69) is 10.4 Å². The number of nitrogens with zero attached hydrogens (tertiary/aromatic N) is 2. The Morgan fingerprint density at radius 3 is 2.87 bits per heavy atom. The molecular formula is C10H16N4O. The maximum atomic E-state index is 11.9. The normalized spacial score (nSPS) is 18.3. The number of aryl methyl sites for hydroxylation is 1. The summed E-state index contributed by atoms with van der Waals surface area (Å²) in [5.41, 5.74) is 5.31. The first kappa shape index (κ1) is 10.2. The van der Waals surface area contributed by atoms with Gasteiger partial charge in [-0.1, -0.05) is 6.42 Å². The number of carbonyl (C=O) groups excluding carboxylic acids is 1. The second-order valence-corrected chi connectivity index (χ2v) is 4.17. The topological polar surface area (TPSA) is 72.9 Å². The van der Waals surface area contributed by atoms with E-state index < -0.39 is 0 Å². The van der Waals surface area contributed by atoms with Gasteiger partial charge in [0.15, 0.2) is 5.82 Å². The second-order valence-electron chi connectivity index (χ2n) is 4.17. The molecule has 0 saturated heterocycles. The van der Waals surface area contributed by atoms with Crippen molar-refractivity contribution in [2.45, 2.75) is 19.3 Å². The van der Waals surface area contributed by atoms with Gasteiger partial charge in [0, 0.05) is 25.9 Å². The zero-order chi connectivity index (χ0) is 10.9. The molecule has 15 heavy (non-hydrogen) atoms. The Hall–Kier alpha value is -1.36. The van der Waals surface area contributed by atoms with Crippen molar-refractivity contribution in [3.8, 4) is 0 Å². The van der Waals surface area contributed by atoms with E-state index in [0.29, 0.717) is 12.4 Å². The molecule has 1 aromatic rings. The average Bonchev–Trinajstić information content (AvgIpc) is 2.50. The molecule has 82 valence electrons. The van der Waals surface area contributed by atoms with Crippen LogP contribution in [0.3, 0.4) is 0 Å². The molecule has 2 rings (SSSR count). The third kappa shape index (κ3) is 1.74. The quantitative estimate of drug-likeness (QED) is 0.759. The van der Waals surface area contributed by atoms with Gasteiger partial charge in [-0.25, -0.2) is 0 Å². The van der Waals surface area contributed by atoms with Gasteiger partial charge in [-0.15, -0.1) is 0 Å². The number of nitrogens with two attached hydrogens (primary N) is 1. The van der Waals surface area contributed by atoms with Crippen LogP contribution in [0.2, 0.25) is 0 Å². The summed E-state index contributed by atoms with van der Waals surface area (Å²) in [5, 5.41) is 6.91. The van der Waals surface area contributed by atoms with E-state index in [-0.39, 0.29) is 11.3 Å². The summed E-state index contributed by atoms with van der Waals surface area (Å²) in [6, 6.07) is 1.78. The van der Waals surface area contributed by atoms with Crippen LogP contribution in [-0.4, -0.2) is 22.2 Å². The third-order valence-corrected chi connectivity index (χ3v) is 3.14. The molecule has 0 unspecified atom stereocenters. The van der Waals surface area contributed by atoms with E-state index in [1.54, 1.807) is 16.9 Å². The van der Waals surface area contributed by atoms with E-state index >= 15 is 0 Å². The van der Waals surface area contributed by atoms with Crippen LogP contribution >= 0.6 is 0 Å². The van der Waals surface area contributed by atoms with E-state index in [0.717, 1.165) is 19.3 Å². The van der Waals surface area contributed by atoms with Crippen LogP contribution in [0.1, 0.15) is 19.3 Å². The highest BCUT2D eigenvalue weighted by atomic mass is 16.2. The SMILES string of the molecule is Cn1ccc(NC(=O)C2(CN)CCC2)n1. The standard InChI is InChI=1S/C10H16N4O/c1-14-6-3-8(13-14)12-9(15)10(7-11)4-2-5-10/h3,6H,2,4-5,7,11H2,1H3,(H,12,13,15). The Labute approximate surface area is 88.6 Å². The van der Waals surface area contributed by atoms with Gasteiger partial charge in [0.1, 0.15) is 0 Å². The van der Waals surface area contributed by atoms with Gasteiger partial charge in [-0.2, -0.15) is 5.10 Å². The lowest BCUT2D eigenvalue weighted by Gasteiger charge is -2.38. The molecular weight excluding hydrogens is 192 g/mol. The monoisotopic (exact) mass is 208 g/mol. The minimum atomic E-state index is -0.336. The number of hydrogen-bond donors (Lipinski definition) is 2. The number of carbonyl (C=O) groups is 1. The molecule has 1 saturated carbocycles. The fraction of sp³-hybridized carbons (Fsp3) is 0.600. The van der Waals surface area contributed by atoms with Crippen molar-refractivity contribution in [1.82, 2.24) is 9.78 Å². The highest BCUT2D eigenvalue weighted by Crippen LogP contribution is 2.40. The first-order valence-electron chi connectivity index (χ1n) is 5.17. The number of anilines is 1. The van der Waals surface area contributed by atoms with E-state index in [1.165, 1.54) is 0 Å². The Bertz CT molecular complexity index is 362. The van der Waals surface area contributed by atoms with Gasteiger partial charge in [-0.05, 0) is 12.8 Å². The number of nitrogens with one attached hydrogen (secondary N) is 1. The zero-order valence-electron chi connectivity index (χ0n) is 8.86. The molecule has 5 heteroatoms. The van der Waals surface area contributed by atoms with Gasteiger partial charge in [0.2, 0.25) is 5.91 Å². The molecule has 1 amide bonds. The number of aromatic nitrogens is 2. The fourth-order valence-corrected chi connectivity index (χ4v) is 1.86. The van der Waals surface area contributed by atoms with Gasteiger partial charge < -0.3 is 11.1 Å². The minimum absolute atomic E-state index is 0.00921. The number of hydrogen-bond acceptors (Lipinski definition) is 3. The summed E-state index contributed by atoms with van der Waals surface area (Å²) in [6.45, 7) is 0.422. The Balaban J connectivity index is 2.03.